The van der Waals surface area contributed by atoms with Gasteiger partial charge >= 0.3 is 6.09 Å². The van der Waals surface area contributed by atoms with Crippen molar-refractivity contribution in [3.63, 3.8) is 0 Å². The first-order valence-electron chi connectivity index (χ1n) is 4.09. The standard InChI is InChI=1S/C8H15NO3/c1-3-4-5-12-8(11)9-7(2)6-10/h6-7H,3-5H2,1-2H3,(H,9,11). The zero-order valence-electron chi connectivity index (χ0n) is 7.50. The van der Waals surface area contributed by atoms with Gasteiger partial charge < -0.3 is 14.8 Å². The van der Waals surface area contributed by atoms with E-state index in [2.05, 4.69) is 5.32 Å². The summed E-state index contributed by atoms with van der Waals surface area (Å²) in [6, 6.07) is -0.473. The first-order valence-corrected chi connectivity index (χ1v) is 4.09. The zero-order chi connectivity index (χ0) is 9.40. The van der Waals surface area contributed by atoms with Gasteiger partial charge in [0.25, 0.3) is 0 Å². The number of aldehydes is 1. The fourth-order valence-electron chi connectivity index (χ4n) is 0.571. The SMILES string of the molecule is CCCCOC(=O)NC(C)C=O. The molecule has 0 aromatic heterocycles. The lowest BCUT2D eigenvalue weighted by Gasteiger charge is -2.07. The van der Waals surface area contributed by atoms with Crippen molar-refractivity contribution in [1.82, 2.24) is 5.32 Å². The molecule has 1 amide bonds. The van der Waals surface area contributed by atoms with Crippen LogP contribution in [0.4, 0.5) is 4.79 Å². The molecule has 12 heavy (non-hydrogen) atoms. The van der Waals surface area contributed by atoms with Crippen molar-refractivity contribution < 1.29 is 14.3 Å². The Morgan fingerprint density at radius 1 is 1.67 bits per heavy atom. The van der Waals surface area contributed by atoms with Gasteiger partial charge in [0.2, 0.25) is 0 Å². The zero-order valence-corrected chi connectivity index (χ0v) is 7.50. The van der Waals surface area contributed by atoms with Gasteiger partial charge in [0.05, 0.1) is 12.6 Å². The highest BCUT2D eigenvalue weighted by Gasteiger charge is 2.05. The lowest BCUT2D eigenvalue weighted by atomic mass is 10.4. The van der Waals surface area contributed by atoms with Crippen molar-refractivity contribution in [2.24, 2.45) is 0 Å². The Hall–Kier alpha value is -1.06. The van der Waals surface area contributed by atoms with Crippen LogP contribution >= 0.6 is 0 Å². The fraction of sp³-hybridized carbons (Fsp3) is 0.750. The highest BCUT2D eigenvalue weighted by molar-refractivity contribution is 5.72. The maximum atomic E-state index is 10.8. The number of carbonyl (C=O) groups excluding carboxylic acids is 2. The van der Waals surface area contributed by atoms with E-state index in [1.165, 1.54) is 0 Å². The van der Waals surface area contributed by atoms with Crippen LogP contribution < -0.4 is 5.32 Å². The van der Waals surface area contributed by atoms with E-state index in [1.54, 1.807) is 6.92 Å². The van der Waals surface area contributed by atoms with Crippen molar-refractivity contribution in [3.05, 3.63) is 0 Å². The summed E-state index contributed by atoms with van der Waals surface area (Å²) in [7, 11) is 0. The van der Waals surface area contributed by atoms with Crippen LogP contribution in [0.15, 0.2) is 0 Å². The molecule has 0 saturated carbocycles. The first-order chi connectivity index (χ1) is 5.70. The molecule has 0 bridgehead atoms. The molecule has 0 aromatic rings. The lowest BCUT2D eigenvalue weighted by Crippen LogP contribution is -2.34. The van der Waals surface area contributed by atoms with Crippen LogP contribution in [0.25, 0.3) is 0 Å². The third kappa shape index (κ3) is 5.70. The Labute approximate surface area is 72.3 Å². The van der Waals surface area contributed by atoms with E-state index >= 15 is 0 Å². The van der Waals surface area contributed by atoms with Gasteiger partial charge in [-0.05, 0) is 13.3 Å². The van der Waals surface area contributed by atoms with Crippen LogP contribution in [0.2, 0.25) is 0 Å². The van der Waals surface area contributed by atoms with Crippen LogP contribution in [0, 0.1) is 0 Å². The number of amides is 1. The fourth-order valence-corrected chi connectivity index (χ4v) is 0.571. The van der Waals surface area contributed by atoms with E-state index in [1.807, 2.05) is 6.92 Å². The van der Waals surface area contributed by atoms with E-state index < -0.39 is 12.1 Å². The normalized spacial score (nSPS) is 11.8. The number of rotatable bonds is 5. The van der Waals surface area contributed by atoms with E-state index in [0.717, 1.165) is 12.8 Å². The van der Waals surface area contributed by atoms with Crippen LogP contribution in [0.3, 0.4) is 0 Å². The van der Waals surface area contributed by atoms with Gasteiger partial charge in [-0.1, -0.05) is 13.3 Å². The van der Waals surface area contributed by atoms with Gasteiger partial charge in [-0.25, -0.2) is 4.79 Å². The minimum absolute atomic E-state index is 0.411. The summed E-state index contributed by atoms with van der Waals surface area (Å²) in [6.45, 7) is 4.01. The predicted octanol–water partition coefficient (Wildman–Crippen LogP) is 1.10. The number of alkyl carbamates (subject to hydrolysis) is 1. The van der Waals surface area contributed by atoms with Crippen molar-refractivity contribution in [2.75, 3.05) is 6.61 Å². The Morgan fingerprint density at radius 3 is 2.83 bits per heavy atom. The molecule has 1 N–H and O–H groups in total. The monoisotopic (exact) mass is 173 g/mol. The molecule has 1 unspecified atom stereocenters. The van der Waals surface area contributed by atoms with Crippen molar-refractivity contribution in [3.8, 4) is 0 Å². The van der Waals surface area contributed by atoms with Gasteiger partial charge in [0.15, 0.2) is 0 Å². The van der Waals surface area contributed by atoms with Crippen LogP contribution in [-0.2, 0) is 9.53 Å². The number of unbranched alkanes of at least 4 members (excludes halogenated alkanes) is 1. The van der Waals surface area contributed by atoms with E-state index in [4.69, 9.17) is 4.74 Å². The Morgan fingerprint density at radius 2 is 2.33 bits per heavy atom. The van der Waals surface area contributed by atoms with Gasteiger partial charge in [0.1, 0.15) is 6.29 Å². The van der Waals surface area contributed by atoms with Gasteiger partial charge in [-0.3, -0.25) is 0 Å². The molecule has 4 nitrogen and oxygen atoms in total. The molecular formula is C8H15NO3. The van der Waals surface area contributed by atoms with Crippen molar-refractivity contribution in [2.45, 2.75) is 32.7 Å². The Balaban J connectivity index is 3.39. The molecule has 0 fully saturated rings. The van der Waals surface area contributed by atoms with E-state index in [0.29, 0.717) is 12.9 Å². The average Bonchev–Trinajstić information content (AvgIpc) is 2.05. The molecule has 0 radical (unpaired) electrons. The second-order valence-corrected chi connectivity index (χ2v) is 2.56. The van der Waals surface area contributed by atoms with Gasteiger partial charge in [0, 0.05) is 0 Å². The summed E-state index contributed by atoms with van der Waals surface area (Å²) < 4.78 is 4.75. The van der Waals surface area contributed by atoms with Crippen LogP contribution in [0.5, 0.6) is 0 Å². The predicted molar refractivity (Wildman–Crippen MR) is 44.9 cm³/mol. The summed E-state index contributed by atoms with van der Waals surface area (Å²) in [4.78, 5) is 20.9. The molecule has 0 spiro atoms. The minimum Gasteiger partial charge on any atom is -0.450 e. The highest BCUT2D eigenvalue weighted by atomic mass is 16.5. The van der Waals surface area contributed by atoms with E-state index in [-0.39, 0.29) is 0 Å². The molecule has 0 saturated heterocycles. The highest BCUT2D eigenvalue weighted by Crippen LogP contribution is 1.88. The van der Waals surface area contributed by atoms with Gasteiger partial charge in [-0.15, -0.1) is 0 Å². The molecule has 0 aliphatic carbocycles. The summed E-state index contributed by atoms with van der Waals surface area (Å²) in [5.41, 5.74) is 0. The van der Waals surface area contributed by atoms with Crippen LogP contribution in [0.1, 0.15) is 26.7 Å². The second kappa shape index (κ2) is 6.64. The second-order valence-electron chi connectivity index (χ2n) is 2.56. The molecule has 4 heteroatoms. The van der Waals surface area contributed by atoms with Crippen molar-refractivity contribution in [1.29, 1.82) is 0 Å². The average molecular weight is 173 g/mol. The van der Waals surface area contributed by atoms with Crippen molar-refractivity contribution >= 4 is 12.4 Å². The minimum atomic E-state index is -0.525. The summed E-state index contributed by atoms with van der Waals surface area (Å²) in [5, 5.41) is 2.36. The molecule has 70 valence electrons. The maximum Gasteiger partial charge on any atom is 0.407 e. The van der Waals surface area contributed by atoms with Gasteiger partial charge in [-0.2, -0.15) is 0 Å². The molecule has 0 heterocycles. The lowest BCUT2D eigenvalue weighted by molar-refractivity contribution is -0.109. The smallest absolute Gasteiger partial charge is 0.407 e. The number of hydrogen-bond donors (Lipinski definition) is 1. The number of carbonyl (C=O) groups is 2. The van der Waals surface area contributed by atoms with E-state index in [9.17, 15) is 9.59 Å². The Bertz CT molecular complexity index is 147. The topological polar surface area (TPSA) is 55.4 Å². The number of ether oxygens (including phenoxy) is 1. The third-order valence-corrected chi connectivity index (χ3v) is 1.28. The third-order valence-electron chi connectivity index (χ3n) is 1.28. The molecular weight excluding hydrogens is 158 g/mol. The quantitative estimate of drug-likeness (QED) is 0.500. The first kappa shape index (κ1) is 10.9. The largest absolute Gasteiger partial charge is 0.450 e. The molecule has 0 aliphatic heterocycles. The molecule has 0 aromatic carbocycles. The molecule has 0 rings (SSSR count). The van der Waals surface area contributed by atoms with Crippen LogP contribution in [-0.4, -0.2) is 25.0 Å². The molecule has 1 atom stereocenters. The number of hydrogen-bond acceptors (Lipinski definition) is 3. The summed E-state index contributed by atoms with van der Waals surface area (Å²) in [6.07, 6.45) is 1.96. The maximum absolute atomic E-state index is 10.8. The number of nitrogens with one attached hydrogen (secondary N) is 1. The Kier molecular flexibility index (Phi) is 6.05. The molecule has 0 aliphatic rings. The summed E-state index contributed by atoms with van der Waals surface area (Å²) in [5.74, 6) is 0. The summed E-state index contributed by atoms with van der Waals surface area (Å²) >= 11 is 0.